The van der Waals surface area contributed by atoms with Crippen LogP contribution in [-0.2, 0) is 0 Å². The van der Waals surface area contributed by atoms with E-state index in [0.717, 1.165) is 12.0 Å². The SMILES string of the molecule is CC1CC(N2CCCC(C(C)(C)C)CC2)CCN1. The Morgan fingerprint density at radius 3 is 2.50 bits per heavy atom. The molecule has 2 saturated heterocycles. The van der Waals surface area contributed by atoms with Crippen molar-refractivity contribution in [3.05, 3.63) is 0 Å². The molecule has 1 N–H and O–H groups in total. The highest BCUT2D eigenvalue weighted by Crippen LogP contribution is 2.35. The first-order chi connectivity index (χ1) is 8.47. The van der Waals surface area contributed by atoms with Crippen LogP contribution in [0.15, 0.2) is 0 Å². The summed E-state index contributed by atoms with van der Waals surface area (Å²) in [6.45, 7) is 13.5. The lowest BCUT2D eigenvalue weighted by atomic mass is 9.77. The van der Waals surface area contributed by atoms with Gasteiger partial charge < -0.3 is 10.2 Å². The molecule has 18 heavy (non-hydrogen) atoms. The van der Waals surface area contributed by atoms with Crippen molar-refractivity contribution in [1.82, 2.24) is 10.2 Å². The van der Waals surface area contributed by atoms with Gasteiger partial charge in [-0.3, -0.25) is 0 Å². The molecular formula is C16H32N2. The summed E-state index contributed by atoms with van der Waals surface area (Å²) in [6, 6.07) is 1.56. The van der Waals surface area contributed by atoms with E-state index in [1.54, 1.807) is 0 Å². The molecule has 2 aliphatic heterocycles. The maximum atomic E-state index is 3.57. The minimum atomic E-state index is 0.497. The van der Waals surface area contributed by atoms with E-state index >= 15 is 0 Å². The lowest BCUT2D eigenvalue weighted by Gasteiger charge is -2.37. The van der Waals surface area contributed by atoms with Crippen LogP contribution in [0, 0.1) is 11.3 Å². The molecule has 2 rings (SSSR count). The summed E-state index contributed by atoms with van der Waals surface area (Å²) in [5.41, 5.74) is 0.497. The zero-order valence-corrected chi connectivity index (χ0v) is 12.8. The monoisotopic (exact) mass is 252 g/mol. The molecule has 0 aromatic rings. The maximum Gasteiger partial charge on any atom is 0.0122 e. The fraction of sp³-hybridized carbons (Fsp3) is 1.00. The molecule has 2 nitrogen and oxygen atoms in total. The Morgan fingerprint density at radius 1 is 1.06 bits per heavy atom. The molecule has 2 aliphatic rings. The predicted octanol–water partition coefficient (Wildman–Crippen LogP) is 3.28. The minimum absolute atomic E-state index is 0.497. The summed E-state index contributed by atoms with van der Waals surface area (Å²) in [7, 11) is 0. The van der Waals surface area contributed by atoms with E-state index in [1.165, 1.54) is 51.7 Å². The molecule has 2 fully saturated rings. The Balaban J connectivity index is 1.88. The quantitative estimate of drug-likeness (QED) is 0.770. The molecule has 106 valence electrons. The van der Waals surface area contributed by atoms with Crippen LogP contribution in [0.2, 0.25) is 0 Å². The van der Waals surface area contributed by atoms with E-state index in [0.29, 0.717) is 11.5 Å². The van der Waals surface area contributed by atoms with Crippen LogP contribution in [0.1, 0.15) is 59.8 Å². The maximum absolute atomic E-state index is 3.57. The average molecular weight is 252 g/mol. The second-order valence-electron chi connectivity index (χ2n) is 7.56. The first-order valence-corrected chi connectivity index (χ1v) is 7.94. The van der Waals surface area contributed by atoms with Gasteiger partial charge in [-0.2, -0.15) is 0 Å². The lowest BCUT2D eigenvalue weighted by Crippen LogP contribution is -2.47. The van der Waals surface area contributed by atoms with Gasteiger partial charge in [0.1, 0.15) is 0 Å². The van der Waals surface area contributed by atoms with Gasteiger partial charge in [0, 0.05) is 12.1 Å². The molecule has 3 unspecified atom stereocenters. The van der Waals surface area contributed by atoms with Crippen LogP contribution in [0.4, 0.5) is 0 Å². The first kappa shape index (κ1) is 14.3. The largest absolute Gasteiger partial charge is 0.314 e. The van der Waals surface area contributed by atoms with Gasteiger partial charge in [-0.05, 0) is 70.0 Å². The van der Waals surface area contributed by atoms with E-state index in [9.17, 15) is 0 Å². The minimum Gasteiger partial charge on any atom is -0.314 e. The zero-order valence-electron chi connectivity index (χ0n) is 12.8. The molecule has 2 heteroatoms. The molecule has 2 heterocycles. The summed E-state index contributed by atoms with van der Waals surface area (Å²) in [5, 5.41) is 3.57. The summed E-state index contributed by atoms with van der Waals surface area (Å²) in [6.07, 6.45) is 6.94. The molecule has 3 atom stereocenters. The van der Waals surface area contributed by atoms with Crippen LogP contribution in [0.25, 0.3) is 0 Å². The molecule has 0 spiro atoms. The highest BCUT2D eigenvalue weighted by molar-refractivity contribution is 4.85. The van der Waals surface area contributed by atoms with Gasteiger partial charge in [0.05, 0.1) is 0 Å². The van der Waals surface area contributed by atoms with E-state index in [1.807, 2.05) is 0 Å². The van der Waals surface area contributed by atoms with Crippen molar-refractivity contribution in [1.29, 1.82) is 0 Å². The number of likely N-dealkylation sites (tertiary alicyclic amines) is 1. The molecule has 0 aromatic heterocycles. The van der Waals surface area contributed by atoms with E-state index in [4.69, 9.17) is 0 Å². The number of nitrogens with zero attached hydrogens (tertiary/aromatic N) is 1. The lowest BCUT2D eigenvalue weighted by molar-refractivity contribution is 0.143. The summed E-state index contributed by atoms with van der Waals surface area (Å²) >= 11 is 0. The van der Waals surface area contributed by atoms with Gasteiger partial charge >= 0.3 is 0 Å². The summed E-state index contributed by atoms with van der Waals surface area (Å²) < 4.78 is 0. The molecule has 0 aliphatic carbocycles. The average Bonchev–Trinajstić information content (AvgIpc) is 2.53. The number of hydrogen-bond acceptors (Lipinski definition) is 2. The Morgan fingerprint density at radius 2 is 1.83 bits per heavy atom. The number of piperidine rings is 1. The highest BCUT2D eigenvalue weighted by atomic mass is 15.2. The van der Waals surface area contributed by atoms with Gasteiger partial charge in [0.25, 0.3) is 0 Å². The third-order valence-electron chi connectivity index (χ3n) is 5.10. The van der Waals surface area contributed by atoms with E-state index < -0.39 is 0 Å². The van der Waals surface area contributed by atoms with Gasteiger partial charge in [0.15, 0.2) is 0 Å². The third kappa shape index (κ3) is 3.71. The van der Waals surface area contributed by atoms with Crippen LogP contribution in [-0.4, -0.2) is 36.6 Å². The number of rotatable bonds is 1. The Labute approximate surface area is 114 Å². The van der Waals surface area contributed by atoms with E-state index in [2.05, 4.69) is 37.9 Å². The Hall–Kier alpha value is -0.0800. The second kappa shape index (κ2) is 5.92. The fourth-order valence-corrected chi connectivity index (χ4v) is 3.79. The standard InChI is InChI=1S/C16H32N2/c1-13-12-15(7-9-17-13)18-10-5-6-14(8-11-18)16(2,3)4/h13-15,17H,5-12H2,1-4H3. The summed E-state index contributed by atoms with van der Waals surface area (Å²) in [5.74, 6) is 0.918. The zero-order chi connectivity index (χ0) is 13.2. The molecule has 0 saturated carbocycles. The number of nitrogens with one attached hydrogen (secondary N) is 1. The summed E-state index contributed by atoms with van der Waals surface area (Å²) in [4.78, 5) is 2.79. The van der Waals surface area contributed by atoms with Crippen molar-refractivity contribution in [2.75, 3.05) is 19.6 Å². The van der Waals surface area contributed by atoms with E-state index in [-0.39, 0.29) is 0 Å². The molecule has 0 aromatic carbocycles. The van der Waals surface area contributed by atoms with Crippen molar-refractivity contribution < 1.29 is 0 Å². The first-order valence-electron chi connectivity index (χ1n) is 7.94. The predicted molar refractivity (Wildman–Crippen MR) is 78.9 cm³/mol. The van der Waals surface area contributed by atoms with Crippen molar-refractivity contribution in [3.63, 3.8) is 0 Å². The molecule has 0 bridgehead atoms. The van der Waals surface area contributed by atoms with Crippen LogP contribution >= 0.6 is 0 Å². The van der Waals surface area contributed by atoms with Crippen molar-refractivity contribution in [2.24, 2.45) is 11.3 Å². The van der Waals surface area contributed by atoms with Crippen LogP contribution < -0.4 is 5.32 Å². The van der Waals surface area contributed by atoms with Gasteiger partial charge in [0.2, 0.25) is 0 Å². The van der Waals surface area contributed by atoms with Gasteiger partial charge in [-0.1, -0.05) is 20.8 Å². The van der Waals surface area contributed by atoms with Gasteiger partial charge in [-0.25, -0.2) is 0 Å². The van der Waals surface area contributed by atoms with Crippen molar-refractivity contribution >= 4 is 0 Å². The van der Waals surface area contributed by atoms with Crippen LogP contribution in [0.5, 0.6) is 0 Å². The van der Waals surface area contributed by atoms with Gasteiger partial charge in [-0.15, -0.1) is 0 Å². The van der Waals surface area contributed by atoms with Crippen molar-refractivity contribution in [2.45, 2.75) is 71.9 Å². The van der Waals surface area contributed by atoms with Crippen LogP contribution in [0.3, 0.4) is 0 Å². The molecular weight excluding hydrogens is 220 g/mol. The molecule has 0 radical (unpaired) electrons. The Kier molecular flexibility index (Phi) is 4.71. The fourth-order valence-electron chi connectivity index (χ4n) is 3.79. The second-order valence-corrected chi connectivity index (χ2v) is 7.56. The number of hydrogen-bond donors (Lipinski definition) is 1. The topological polar surface area (TPSA) is 15.3 Å². The van der Waals surface area contributed by atoms with Crippen molar-refractivity contribution in [3.8, 4) is 0 Å². The normalized spacial score (nSPS) is 36.3. The smallest absolute Gasteiger partial charge is 0.0122 e. The highest BCUT2D eigenvalue weighted by Gasteiger charge is 2.30. The third-order valence-corrected chi connectivity index (χ3v) is 5.10. The Bertz CT molecular complexity index is 256. The molecule has 0 amide bonds.